The van der Waals surface area contributed by atoms with Crippen LogP contribution in [0.2, 0.25) is 0 Å². The van der Waals surface area contributed by atoms with E-state index < -0.39 is 23.3 Å². The van der Waals surface area contributed by atoms with Crippen LogP contribution in [0.3, 0.4) is 0 Å². The second-order valence-corrected chi connectivity index (χ2v) is 19.0. The number of rotatable bonds is 11. The molecule has 0 spiro atoms. The maximum Gasteiger partial charge on any atom is 0.335 e. The predicted octanol–water partition coefficient (Wildman–Crippen LogP) is 7.70. The number of allylic oxidation sites excluding steroid dienone is 2. The number of aromatic carboxylic acids is 1. The molecule has 0 bridgehead atoms. The Kier molecular flexibility index (Phi) is 10.1. The van der Waals surface area contributed by atoms with Crippen LogP contribution in [0.4, 0.5) is 0 Å². The summed E-state index contributed by atoms with van der Waals surface area (Å²) in [6.07, 6.45) is 11.9. The number of hydrogen-bond donors (Lipinski definition) is 4. The van der Waals surface area contributed by atoms with E-state index in [1.807, 2.05) is 12.1 Å². The highest BCUT2D eigenvalue weighted by Gasteiger charge is 2.71. The van der Waals surface area contributed by atoms with Crippen molar-refractivity contribution in [2.75, 3.05) is 26.2 Å². The monoisotopic (exact) mass is 718 g/mol. The Hall–Kier alpha value is -3.20. The fourth-order valence-corrected chi connectivity index (χ4v) is 13.8. The molecule has 0 aliphatic heterocycles. The molecule has 1 aromatic rings. The second-order valence-electron chi connectivity index (χ2n) is 19.0. The molecule has 52 heavy (non-hydrogen) atoms. The molecule has 5 aliphatic rings. The quantitative estimate of drug-likeness (QED) is 0.182. The van der Waals surface area contributed by atoms with Gasteiger partial charge in [-0.15, -0.1) is 0 Å². The third kappa shape index (κ3) is 6.01. The normalized spacial score (nSPS) is 37.6. The number of carbonyl (C=O) groups excluding carboxylic acids is 1. The van der Waals surface area contributed by atoms with Crippen LogP contribution < -0.4 is 5.32 Å². The van der Waals surface area contributed by atoms with Crippen LogP contribution in [-0.2, 0) is 14.4 Å². The first-order valence-electron chi connectivity index (χ1n) is 19.8. The summed E-state index contributed by atoms with van der Waals surface area (Å²) in [5, 5.41) is 31.3. The molecule has 286 valence electrons. The van der Waals surface area contributed by atoms with Crippen molar-refractivity contribution in [3.63, 3.8) is 0 Å². The maximum absolute atomic E-state index is 14.4. The van der Waals surface area contributed by atoms with E-state index in [2.05, 4.69) is 59.9 Å². The molecule has 9 heteroatoms. The van der Waals surface area contributed by atoms with Crippen molar-refractivity contribution in [2.24, 2.45) is 62.6 Å². The van der Waals surface area contributed by atoms with Gasteiger partial charge in [0.05, 0.1) is 24.1 Å². The fourth-order valence-electron chi connectivity index (χ4n) is 13.8. The SMILES string of the molecule is CC(C)C1CCC2(C(=O)NCCN(CC(=O)O)CC(=O)O)CCC3(C)C(CCC4C5(C)CC=C(c6ccc(C(=O)O)cc6)C(C)(C)C5CCC43C)C12. The van der Waals surface area contributed by atoms with Crippen molar-refractivity contribution < 1.29 is 34.5 Å². The van der Waals surface area contributed by atoms with Crippen LogP contribution in [0.25, 0.3) is 5.57 Å². The summed E-state index contributed by atoms with van der Waals surface area (Å²) >= 11 is 0. The van der Waals surface area contributed by atoms with Crippen molar-refractivity contribution in [1.82, 2.24) is 10.2 Å². The number of aliphatic carboxylic acids is 2. The fraction of sp³-hybridized carbons (Fsp3) is 0.721. The molecule has 9 unspecified atom stereocenters. The van der Waals surface area contributed by atoms with Crippen molar-refractivity contribution in [2.45, 2.75) is 106 Å². The molecule has 0 aromatic heterocycles. The van der Waals surface area contributed by atoms with Crippen LogP contribution in [0, 0.1) is 62.6 Å². The number of hydrogen-bond acceptors (Lipinski definition) is 5. The minimum atomic E-state index is -1.08. The highest BCUT2D eigenvalue weighted by Crippen LogP contribution is 2.77. The molecule has 4 fully saturated rings. The van der Waals surface area contributed by atoms with Gasteiger partial charge in [0.1, 0.15) is 0 Å². The lowest BCUT2D eigenvalue weighted by Crippen LogP contribution is -2.66. The van der Waals surface area contributed by atoms with Gasteiger partial charge in [-0.2, -0.15) is 0 Å². The summed E-state index contributed by atoms with van der Waals surface area (Å²) in [5.41, 5.74) is 2.62. The van der Waals surface area contributed by atoms with E-state index >= 15 is 0 Å². The molecule has 0 radical (unpaired) electrons. The predicted molar refractivity (Wildman–Crippen MR) is 200 cm³/mol. The van der Waals surface area contributed by atoms with E-state index in [0.29, 0.717) is 35.2 Å². The molecule has 6 rings (SSSR count). The molecule has 0 saturated heterocycles. The van der Waals surface area contributed by atoms with Gasteiger partial charge in [-0.3, -0.25) is 19.3 Å². The lowest BCUT2D eigenvalue weighted by molar-refractivity contribution is -0.227. The van der Waals surface area contributed by atoms with E-state index in [-0.39, 0.29) is 59.7 Å². The van der Waals surface area contributed by atoms with Crippen molar-refractivity contribution >= 4 is 29.4 Å². The molecular formula is C43H62N2O7. The minimum Gasteiger partial charge on any atom is -0.480 e. The molecule has 9 atom stereocenters. The molecule has 5 aliphatic carbocycles. The van der Waals surface area contributed by atoms with Crippen molar-refractivity contribution in [3.05, 3.63) is 41.5 Å². The average molecular weight is 719 g/mol. The minimum absolute atomic E-state index is 0.0602. The first-order chi connectivity index (χ1) is 24.3. The summed E-state index contributed by atoms with van der Waals surface area (Å²) < 4.78 is 0. The number of nitrogens with one attached hydrogen (secondary N) is 1. The zero-order valence-corrected chi connectivity index (χ0v) is 32.5. The van der Waals surface area contributed by atoms with Gasteiger partial charge in [-0.1, -0.05) is 66.7 Å². The summed E-state index contributed by atoms with van der Waals surface area (Å²) in [5.74, 6) is -0.271. The second kappa shape index (κ2) is 13.6. The van der Waals surface area contributed by atoms with Gasteiger partial charge in [0.25, 0.3) is 0 Å². The molecule has 4 saturated carbocycles. The number of carbonyl (C=O) groups is 4. The van der Waals surface area contributed by atoms with Crippen LogP contribution in [0.1, 0.15) is 122 Å². The number of benzene rings is 1. The average Bonchev–Trinajstić information content (AvgIpc) is 3.46. The lowest BCUT2D eigenvalue weighted by atomic mass is 9.32. The van der Waals surface area contributed by atoms with Gasteiger partial charge < -0.3 is 20.6 Å². The third-order valence-corrected chi connectivity index (χ3v) is 16.2. The van der Waals surface area contributed by atoms with E-state index in [4.69, 9.17) is 0 Å². The topological polar surface area (TPSA) is 144 Å². The Morgan fingerprint density at radius 1 is 0.808 bits per heavy atom. The Bertz CT molecular complexity index is 1600. The largest absolute Gasteiger partial charge is 0.480 e. The third-order valence-electron chi connectivity index (χ3n) is 16.2. The molecule has 9 nitrogen and oxygen atoms in total. The van der Waals surface area contributed by atoms with Crippen LogP contribution in [0.5, 0.6) is 0 Å². The van der Waals surface area contributed by atoms with Crippen molar-refractivity contribution in [3.8, 4) is 0 Å². The first kappa shape index (κ1) is 38.5. The zero-order valence-electron chi connectivity index (χ0n) is 32.5. The maximum atomic E-state index is 14.4. The van der Waals surface area contributed by atoms with E-state index in [1.165, 1.54) is 16.9 Å². The number of fused-ring (bicyclic) bond motifs is 7. The zero-order chi connectivity index (χ0) is 38.0. The van der Waals surface area contributed by atoms with Crippen LogP contribution >= 0.6 is 0 Å². The van der Waals surface area contributed by atoms with E-state index in [0.717, 1.165) is 56.9 Å². The Labute approximate surface area is 310 Å². The highest BCUT2D eigenvalue weighted by molar-refractivity contribution is 5.88. The van der Waals surface area contributed by atoms with E-state index in [1.54, 1.807) is 12.1 Å². The van der Waals surface area contributed by atoms with Gasteiger partial charge in [0, 0.05) is 13.1 Å². The summed E-state index contributed by atoms with van der Waals surface area (Å²) in [6, 6.07) is 7.43. The van der Waals surface area contributed by atoms with E-state index in [9.17, 15) is 34.5 Å². The Morgan fingerprint density at radius 2 is 1.46 bits per heavy atom. The van der Waals surface area contributed by atoms with Crippen LogP contribution in [-0.4, -0.2) is 70.2 Å². The summed E-state index contributed by atoms with van der Waals surface area (Å²) in [6.45, 7) is 16.9. The Morgan fingerprint density at radius 3 is 2.06 bits per heavy atom. The van der Waals surface area contributed by atoms with Crippen LogP contribution in [0.15, 0.2) is 30.3 Å². The van der Waals surface area contributed by atoms with Gasteiger partial charge in [0.2, 0.25) is 5.91 Å². The number of nitrogens with zero attached hydrogens (tertiary/aromatic N) is 1. The van der Waals surface area contributed by atoms with Gasteiger partial charge >= 0.3 is 17.9 Å². The Balaban J connectivity index is 1.27. The first-order valence-corrected chi connectivity index (χ1v) is 19.8. The van der Waals surface area contributed by atoms with Crippen molar-refractivity contribution in [1.29, 1.82) is 0 Å². The summed E-state index contributed by atoms with van der Waals surface area (Å²) in [7, 11) is 0. The molecular weight excluding hydrogens is 656 g/mol. The smallest absolute Gasteiger partial charge is 0.335 e. The van der Waals surface area contributed by atoms with Gasteiger partial charge in [-0.05, 0) is 138 Å². The highest BCUT2D eigenvalue weighted by atomic mass is 16.4. The molecule has 4 N–H and O–H groups in total. The summed E-state index contributed by atoms with van der Waals surface area (Å²) in [4.78, 5) is 50.1. The molecule has 0 heterocycles. The van der Waals surface area contributed by atoms with Gasteiger partial charge in [0.15, 0.2) is 0 Å². The lowest BCUT2D eigenvalue weighted by Gasteiger charge is -2.72. The molecule has 1 aromatic carbocycles. The number of carboxylic acids is 3. The standard InChI is InChI=1S/C43H62N2O7/c1-26(2)29-14-19-43(38(52)44-22-23-45(24-34(46)47)25-35(48)49)21-20-41(6)31(36(29)43)12-13-33-40(5)17-15-30(27-8-10-28(11-9-27)37(50)51)39(3,4)32(40)16-18-42(33,41)7/h8-11,15,26,29,31-33,36H,12-14,16-25H2,1-7H3,(H,44,52)(H,46,47)(H,48,49)(H,50,51). The van der Waals surface area contributed by atoms with Gasteiger partial charge in [-0.25, -0.2) is 4.79 Å². The molecule has 1 amide bonds. The number of amides is 1. The number of carboxylic acid groups (broad SMARTS) is 3.